The molecule has 0 radical (unpaired) electrons. The van der Waals surface area contributed by atoms with Crippen LogP contribution in [0.15, 0.2) is 0 Å². The second-order valence-corrected chi connectivity index (χ2v) is 3.26. The zero-order chi connectivity index (χ0) is 10.8. The highest BCUT2D eigenvalue weighted by molar-refractivity contribution is 4.68. The minimum Gasteiger partial charge on any atom is -0.395 e. The Morgan fingerprint density at radius 1 is 1.43 bits per heavy atom. The van der Waals surface area contributed by atoms with Crippen molar-refractivity contribution in [1.82, 2.24) is 10.2 Å². The first-order valence-corrected chi connectivity index (χ1v) is 5.36. The Morgan fingerprint density at radius 3 is 2.57 bits per heavy atom. The Balaban J connectivity index is 3.65. The van der Waals surface area contributed by atoms with Gasteiger partial charge >= 0.3 is 0 Å². The van der Waals surface area contributed by atoms with Gasteiger partial charge in [0.15, 0.2) is 0 Å². The summed E-state index contributed by atoms with van der Waals surface area (Å²) in [5.74, 6) is 0. The lowest BCUT2D eigenvalue weighted by atomic mass is 10.3. The highest BCUT2D eigenvalue weighted by Crippen LogP contribution is 1.92. The molecule has 14 heavy (non-hydrogen) atoms. The highest BCUT2D eigenvalue weighted by Gasteiger charge is 2.09. The summed E-state index contributed by atoms with van der Waals surface area (Å²) in [6.45, 7) is 8.64. The van der Waals surface area contributed by atoms with Crippen LogP contribution in [0.1, 0.15) is 13.8 Å². The van der Waals surface area contributed by atoms with Crippen LogP contribution in [-0.2, 0) is 4.74 Å². The monoisotopic (exact) mass is 204 g/mol. The van der Waals surface area contributed by atoms with Gasteiger partial charge in [-0.05, 0) is 20.5 Å². The number of likely N-dealkylation sites (N-methyl/N-ethyl adjacent to an activating group) is 2. The lowest BCUT2D eigenvalue weighted by Gasteiger charge is -2.24. The van der Waals surface area contributed by atoms with E-state index < -0.39 is 0 Å². The average molecular weight is 204 g/mol. The van der Waals surface area contributed by atoms with E-state index in [1.165, 1.54) is 0 Å². The maximum atomic E-state index is 9.02. The fourth-order valence-corrected chi connectivity index (χ4v) is 1.27. The van der Waals surface area contributed by atoms with Gasteiger partial charge in [-0.15, -0.1) is 0 Å². The summed E-state index contributed by atoms with van der Waals surface area (Å²) >= 11 is 0. The van der Waals surface area contributed by atoms with Gasteiger partial charge in [0.25, 0.3) is 0 Å². The molecule has 1 unspecified atom stereocenters. The Hall–Kier alpha value is -0.160. The van der Waals surface area contributed by atoms with Crippen molar-refractivity contribution in [2.45, 2.75) is 19.9 Å². The topological polar surface area (TPSA) is 44.7 Å². The van der Waals surface area contributed by atoms with E-state index in [-0.39, 0.29) is 12.6 Å². The van der Waals surface area contributed by atoms with Crippen molar-refractivity contribution >= 4 is 0 Å². The first kappa shape index (κ1) is 13.8. The molecule has 0 saturated heterocycles. The molecule has 0 amide bonds. The van der Waals surface area contributed by atoms with Crippen LogP contribution in [0.3, 0.4) is 0 Å². The predicted molar refractivity (Wildman–Crippen MR) is 58.5 cm³/mol. The predicted octanol–water partition coefficient (Wildman–Crippen LogP) is -0.0749. The fourth-order valence-electron chi connectivity index (χ4n) is 1.27. The molecule has 0 heterocycles. The molecule has 4 heteroatoms. The lowest BCUT2D eigenvalue weighted by molar-refractivity contribution is 0.106. The van der Waals surface area contributed by atoms with Crippen LogP contribution >= 0.6 is 0 Å². The number of rotatable bonds is 9. The quantitative estimate of drug-likeness (QED) is 0.516. The summed E-state index contributed by atoms with van der Waals surface area (Å²) in [6, 6.07) is 0.163. The molecule has 0 bridgehead atoms. The van der Waals surface area contributed by atoms with Gasteiger partial charge < -0.3 is 15.2 Å². The zero-order valence-electron chi connectivity index (χ0n) is 9.62. The standard InChI is InChI=1S/C10H24N2O2/c1-4-12(6-7-14-5-2)8-10(9-13)11-3/h10-11,13H,4-9H2,1-3H3. The molecule has 86 valence electrons. The number of aliphatic hydroxyl groups excluding tert-OH is 1. The number of hydrogen-bond donors (Lipinski definition) is 2. The van der Waals surface area contributed by atoms with Gasteiger partial charge in [-0.25, -0.2) is 0 Å². The molecule has 0 rings (SSSR count). The SMILES string of the molecule is CCOCCN(CC)CC(CO)NC. The minimum atomic E-state index is 0.163. The normalized spacial score (nSPS) is 13.5. The third kappa shape index (κ3) is 6.32. The lowest BCUT2D eigenvalue weighted by Crippen LogP contribution is -2.42. The van der Waals surface area contributed by atoms with Crippen LogP contribution in [0, 0.1) is 0 Å². The van der Waals surface area contributed by atoms with Crippen molar-refractivity contribution < 1.29 is 9.84 Å². The maximum Gasteiger partial charge on any atom is 0.0597 e. The number of hydrogen-bond acceptors (Lipinski definition) is 4. The third-order valence-electron chi connectivity index (χ3n) is 2.31. The minimum absolute atomic E-state index is 0.163. The second-order valence-electron chi connectivity index (χ2n) is 3.26. The molecule has 0 aromatic carbocycles. The van der Waals surface area contributed by atoms with Crippen molar-refractivity contribution in [3.63, 3.8) is 0 Å². The van der Waals surface area contributed by atoms with Gasteiger partial charge in [0.2, 0.25) is 0 Å². The Morgan fingerprint density at radius 2 is 2.14 bits per heavy atom. The van der Waals surface area contributed by atoms with Crippen LogP contribution in [0.5, 0.6) is 0 Å². The molecule has 0 saturated carbocycles. The fraction of sp³-hybridized carbons (Fsp3) is 1.00. The van der Waals surface area contributed by atoms with E-state index in [1.807, 2.05) is 14.0 Å². The van der Waals surface area contributed by atoms with Crippen LogP contribution in [-0.4, -0.2) is 62.6 Å². The van der Waals surface area contributed by atoms with Crippen molar-refractivity contribution in [3.05, 3.63) is 0 Å². The summed E-state index contributed by atoms with van der Waals surface area (Å²) in [5.41, 5.74) is 0. The first-order valence-electron chi connectivity index (χ1n) is 5.36. The van der Waals surface area contributed by atoms with Crippen molar-refractivity contribution in [3.8, 4) is 0 Å². The van der Waals surface area contributed by atoms with Gasteiger partial charge in [0.1, 0.15) is 0 Å². The first-order chi connectivity index (χ1) is 6.78. The summed E-state index contributed by atoms with van der Waals surface area (Å²) < 4.78 is 5.29. The summed E-state index contributed by atoms with van der Waals surface area (Å²) in [5, 5.41) is 12.1. The van der Waals surface area contributed by atoms with Gasteiger partial charge in [-0.1, -0.05) is 6.92 Å². The number of ether oxygens (including phenoxy) is 1. The Labute approximate surface area is 87.2 Å². The van der Waals surface area contributed by atoms with Crippen molar-refractivity contribution in [1.29, 1.82) is 0 Å². The average Bonchev–Trinajstić information content (AvgIpc) is 2.23. The molecular weight excluding hydrogens is 180 g/mol. The van der Waals surface area contributed by atoms with Gasteiger partial charge in [-0.2, -0.15) is 0 Å². The van der Waals surface area contributed by atoms with E-state index in [0.717, 1.165) is 32.8 Å². The molecule has 0 aliphatic carbocycles. The largest absolute Gasteiger partial charge is 0.395 e. The number of nitrogens with one attached hydrogen (secondary N) is 1. The molecule has 0 spiro atoms. The van der Waals surface area contributed by atoms with E-state index in [1.54, 1.807) is 0 Å². The molecule has 0 aliphatic rings. The van der Waals surface area contributed by atoms with E-state index in [0.29, 0.717) is 0 Å². The molecule has 0 aromatic rings. The molecular formula is C10H24N2O2. The summed E-state index contributed by atoms with van der Waals surface area (Å²) in [4.78, 5) is 2.27. The maximum absolute atomic E-state index is 9.02. The molecule has 1 atom stereocenters. The molecule has 2 N–H and O–H groups in total. The van der Waals surface area contributed by atoms with Gasteiger partial charge in [0.05, 0.1) is 13.2 Å². The molecule has 0 fully saturated rings. The van der Waals surface area contributed by atoms with E-state index >= 15 is 0 Å². The highest BCUT2D eigenvalue weighted by atomic mass is 16.5. The Bertz CT molecular complexity index is 119. The van der Waals surface area contributed by atoms with E-state index in [4.69, 9.17) is 9.84 Å². The van der Waals surface area contributed by atoms with Crippen molar-refractivity contribution in [2.24, 2.45) is 0 Å². The molecule has 4 nitrogen and oxygen atoms in total. The van der Waals surface area contributed by atoms with Crippen molar-refractivity contribution in [2.75, 3.05) is 46.5 Å². The van der Waals surface area contributed by atoms with E-state index in [9.17, 15) is 0 Å². The number of aliphatic hydroxyl groups is 1. The van der Waals surface area contributed by atoms with E-state index in [2.05, 4.69) is 17.1 Å². The molecule has 0 aromatic heterocycles. The van der Waals surface area contributed by atoms with Gasteiger partial charge in [0, 0.05) is 25.7 Å². The van der Waals surface area contributed by atoms with Crippen LogP contribution < -0.4 is 5.32 Å². The zero-order valence-corrected chi connectivity index (χ0v) is 9.62. The number of nitrogens with zero attached hydrogens (tertiary/aromatic N) is 1. The van der Waals surface area contributed by atoms with Crippen LogP contribution in [0.2, 0.25) is 0 Å². The smallest absolute Gasteiger partial charge is 0.0597 e. The summed E-state index contributed by atoms with van der Waals surface area (Å²) in [6.07, 6.45) is 0. The van der Waals surface area contributed by atoms with Gasteiger partial charge in [-0.3, -0.25) is 4.90 Å². The third-order valence-corrected chi connectivity index (χ3v) is 2.31. The van der Waals surface area contributed by atoms with Crippen LogP contribution in [0.4, 0.5) is 0 Å². The second kappa shape index (κ2) is 9.40. The van der Waals surface area contributed by atoms with Crippen LogP contribution in [0.25, 0.3) is 0 Å². The Kier molecular flexibility index (Phi) is 9.29. The summed E-state index contributed by atoms with van der Waals surface area (Å²) in [7, 11) is 1.87. The molecule has 0 aliphatic heterocycles.